The predicted molar refractivity (Wildman–Crippen MR) is 96.3 cm³/mol. The number of aromatic nitrogens is 1. The van der Waals surface area contributed by atoms with E-state index in [1.165, 1.54) is 16.4 Å². The van der Waals surface area contributed by atoms with Crippen molar-refractivity contribution in [3.8, 4) is 0 Å². The van der Waals surface area contributed by atoms with E-state index < -0.39 is 10.0 Å². The van der Waals surface area contributed by atoms with E-state index in [9.17, 15) is 13.2 Å². The minimum absolute atomic E-state index is 0.192. The maximum Gasteiger partial charge on any atom is 0.276 e. The highest BCUT2D eigenvalue weighted by Gasteiger charge is 2.30. The maximum atomic E-state index is 13.0. The number of nitrogens with zero attached hydrogens (tertiary/aromatic N) is 3. The Balaban J connectivity index is 1.68. The zero-order chi connectivity index (χ0) is 18.3. The van der Waals surface area contributed by atoms with Crippen LogP contribution in [0.4, 0.5) is 0 Å². The molecule has 0 atom stereocenters. The number of likely N-dealkylation sites (tertiary alicyclic amines) is 1. The van der Waals surface area contributed by atoms with Gasteiger partial charge in [0, 0.05) is 26.2 Å². The minimum atomic E-state index is -3.58. The van der Waals surface area contributed by atoms with Crippen molar-refractivity contribution in [2.24, 2.45) is 5.92 Å². The number of hydrogen-bond donors (Lipinski definition) is 0. The van der Waals surface area contributed by atoms with Crippen molar-refractivity contribution in [1.82, 2.24) is 14.4 Å². The van der Waals surface area contributed by atoms with E-state index in [2.05, 4.69) is 12.1 Å². The molecule has 2 aliphatic heterocycles. The van der Waals surface area contributed by atoms with Gasteiger partial charge in [0.2, 0.25) is 10.0 Å². The monoisotopic (exact) mass is 377 g/mol. The third-order valence-corrected chi connectivity index (χ3v) is 7.31. The maximum absolute atomic E-state index is 13.0. The van der Waals surface area contributed by atoms with Gasteiger partial charge in [0.05, 0.1) is 10.3 Å². The molecule has 0 radical (unpaired) electrons. The smallest absolute Gasteiger partial charge is 0.276 e. The van der Waals surface area contributed by atoms with Crippen LogP contribution in [0.2, 0.25) is 0 Å². The summed E-state index contributed by atoms with van der Waals surface area (Å²) in [5.74, 6) is 0.356. The van der Waals surface area contributed by atoms with Crippen molar-refractivity contribution in [2.45, 2.75) is 37.5 Å². The van der Waals surface area contributed by atoms with Crippen LogP contribution in [0.25, 0.3) is 11.0 Å². The van der Waals surface area contributed by atoms with Gasteiger partial charge >= 0.3 is 0 Å². The number of carbonyl (C=O) groups is 1. The lowest BCUT2D eigenvalue weighted by Crippen LogP contribution is -2.37. The number of piperidine rings is 1. The summed E-state index contributed by atoms with van der Waals surface area (Å²) < 4.78 is 32.7. The normalized spacial score (nSPS) is 20.1. The largest absolute Gasteiger partial charge is 0.355 e. The summed E-state index contributed by atoms with van der Waals surface area (Å²) in [6.07, 6.45) is 3.70. The summed E-state index contributed by atoms with van der Waals surface area (Å²) in [7, 11) is -3.58. The van der Waals surface area contributed by atoms with Gasteiger partial charge in [0.1, 0.15) is 0 Å². The molecule has 140 valence electrons. The van der Waals surface area contributed by atoms with Crippen LogP contribution in [-0.4, -0.2) is 54.9 Å². The number of benzene rings is 1. The van der Waals surface area contributed by atoms with Crippen LogP contribution in [0.15, 0.2) is 27.6 Å². The molecule has 8 heteroatoms. The van der Waals surface area contributed by atoms with Crippen LogP contribution in [0.3, 0.4) is 0 Å². The van der Waals surface area contributed by atoms with Gasteiger partial charge in [0.15, 0.2) is 11.3 Å². The highest BCUT2D eigenvalue weighted by molar-refractivity contribution is 7.89. The van der Waals surface area contributed by atoms with Gasteiger partial charge in [-0.2, -0.15) is 4.31 Å². The number of carbonyl (C=O) groups excluding carboxylic acids is 1. The molecule has 0 bridgehead atoms. The predicted octanol–water partition coefficient (Wildman–Crippen LogP) is 2.48. The Morgan fingerprint density at radius 3 is 2.54 bits per heavy atom. The van der Waals surface area contributed by atoms with E-state index in [1.54, 1.807) is 11.0 Å². The summed E-state index contributed by atoms with van der Waals surface area (Å²) in [6, 6.07) is 4.65. The minimum Gasteiger partial charge on any atom is -0.355 e. The average molecular weight is 377 g/mol. The van der Waals surface area contributed by atoms with E-state index in [4.69, 9.17) is 4.52 Å². The Labute approximate surface area is 153 Å². The van der Waals surface area contributed by atoms with Crippen molar-refractivity contribution in [1.29, 1.82) is 0 Å². The molecule has 1 aromatic carbocycles. The van der Waals surface area contributed by atoms with Crippen LogP contribution in [0.5, 0.6) is 0 Å². The Kier molecular flexibility index (Phi) is 4.48. The summed E-state index contributed by atoms with van der Waals surface area (Å²) >= 11 is 0. The van der Waals surface area contributed by atoms with Gasteiger partial charge in [-0.05, 0) is 49.8 Å². The molecular formula is C18H23N3O4S. The quantitative estimate of drug-likeness (QED) is 0.820. The van der Waals surface area contributed by atoms with Crippen molar-refractivity contribution < 1.29 is 17.7 Å². The lowest BCUT2D eigenvalue weighted by molar-refractivity contribution is 0.0784. The molecule has 7 nitrogen and oxygen atoms in total. The lowest BCUT2D eigenvalue weighted by atomic mass is 10.0. The third-order valence-electron chi connectivity index (χ3n) is 5.42. The molecule has 1 amide bonds. The molecule has 0 N–H and O–H groups in total. The van der Waals surface area contributed by atoms with E-state index >= 15 is 0 Å². The number of fused-ring (bicyclic) bond motifs is 1. The van der Waals surface area contributed by atoms with Gasteiger partial charge in [-0.25, -0.2) is 8.42 Å². The molecule has 0 saturated carbocycles. The molecule has 2 fully saturated rings. The Bertz CT molecular complexity index is 923. The highest BCUT2D eigenvalue weighted by atomic mass is 32.2. The third kappa shape index (κ3) is 3.01. The molecule has 0 unspecified atom stereocenters. The first-order valence-corrected chi connectivity index (χ1v) is 10.6. The number of amides is 1. The van der Waals surface area contributed by atoms with Crippen LogP contribution in [0.1, 0.15) is 43.1 Å². The van der Waals surface area contributed by atoms with Crippen LogP contribution in [0, 0.1) is 5.92 Å². The molecule has 4 rings (SSSR count). The van der Waals surface area contributed by atoms with Crippen molar-refractivity contribution in [3.63, 3.8) is 0 Å². The van der Waals surface area contributed by atoms with E-state index in [1.807, 2.05) is 0 Å². The van der Waals surface area contributed by atoms with Crippen LogP contribution >= 0.6 is 0 Å². The molecule has 2 aromatic rings. The topological polar surface area (TPSA) is 83.7 Å². The Morgan fingerprint density at radius 2 is 1.85 bits per heavy atom. The zero-order valence-corrected chi connectivity index (χ0v) is 15.7. The van der Waals surface area contributed by atoms with Gasteiger partial charge in [-0.1, -0.05) is 12.1 Å². The number of hydrogen-bond acceptors (Lipinski definition) is 5. The van der Waals surface area contributed by atoms with E-state index in [-0.39, 0.29) is 16.5 Å². The first-order valence-electron chi connectivity index (χ1n) is 9.15. The molecule has 1 aromatic heterocycles. The molecule has 0 aliphatic carbocycles. The highest BCUT2D eigenvalue weighted by Crippen LogP contribution is 2.28. The standard InChI is InChI=1S/C18H23N3O4S/c1-13-6-10-21(11-7-13)26(23,24)14-4-5-16-15(12-14)17(19-25-16)18(22)20-8-2-3-9-20/h4-5,12-13H,2-3,6-11H2,1H3. The second-order valence-electron chi connectivity index (χ2n) is 7.28. The van der Waals surface area contributed by atoms with Gasteiger partial charge in [-0.15, -0.1) is 0 Å². The van der Waals surface area contributed by atoms with Crippen molar-refractivity contribution in [2.75, 3.05) is 26.2 Å². The van der Waals surface area contributed by atoms with E-state index in [0.29, 0.717) is 43.1 Å². The fourth-order valence-corrected chi connectivity index (χ4v) is 5.17. The molecule has 3 heterocycles. The Hall–Kier alpha value is -1.93. The number of sulfonamides is 1. The summed E-state index contributed by atoms with van der Waals surface area (Å²) in [5, 5.41) is 4.38. The second-order valence-corrected chi connectivity index (χ2v) is 9.21. The van der Waals surface area contributed by atoms with Crippen LogP contribution < -0.4 is 0 Å². The van der Waals surface area contributed by atoms with E-state index in [0.717, 1.165) is 25.7 Å². The summed E-state index contributed by atoms with van der Waals surface area (Å²) in [4.78, 5) is 14.6. The fourth-order valence-electron chi connectivity index (χ4n) is 3.68. The van der Waals surface area contributed by atoms with Crippen LogP contribution in [-0.2, 0) is 10.0 Å². The van der Waals surface area contributed by atoms with Crippen molar-refractivity contribution >= 4 is 26.9 Å². The average Bonchev–Trinajstić information content (AvgIpc) is 3.31. The molecule has 2 saturated heterocycles. The second kappa shape index (κ2) is 6.66. The fraction of sp³-hybridized carbons (Fsp3) is 0.556. The first-order chi connectivity index (χ1) is 12.5. The SMILES string of the molecule is CC1CCN(S(=O)(=O)c2ccc3onc(C(=O)N4CCCC4)c3c2)CC1. The molecule has 2 aliphatic rings. The summed E-state index contributed by atoms with van der Waals surface area (Å²) in [6.45, 7) is 4.62. The number of rotatable bonds is 3. The molecule has 26 heavy (non-hydrogen) atoms. The molecule has 0 spiro atoms. The molecular weight excluding hydrogens is 354 g/mol. The van der Waals surface area contributed by atoms with Gasteiger partial charge < -0.3 is 9.42 Å². The summed E-state index contributed by atoms with van der Waals surface area (Å²) in [5.41, 5.74) is 0.630. The zero-order valence-electron chi connectivity index (χ0n) is 14.8. The Morgan fingerprint density at radius 1 is 1.15 bits per heavy atom. The van der Waals surface area contributed by atoms with Gasteiger partial charge in [0.25, 0.3) is 5.91 Å². The van der Waals surface area contributed by atoms with Crippen molar-refractivity contribution in [3.05, 3.63) is 23.9 Å². The first kappa shape index (κ1) is 17.5. The van der Waals surface area contributed by atoms with Gasteiger partial charge in [-0.3, -0.25) is 4.79 Å². The lowest BCUT2D eigenvalue weighted by Gasteiger charge is -2.29.